The summed E-state index contributed by atoms with van der Waals surface area (Å²) in [4.78, 5) is 0. The van der Waals surface area contributed by atoms with Gasteiger partial charge in [0.2, 0.25) is 0 Å². The lowest BCUT2D eigenvalue weighted by molar-refractivity contribution is 0.354. The molecule has 2 rings (SSSR count). The van der Waals surface area contributed by atoms with Crippen molar-refractivity contribution in [3.8, 4) is 11.5 Å². The first-order valence-electron chi connectivity index (χ1n) is 7.20. The third-order valence-electron chi connectivity index (χ3n) is 3.87. The van der Waals surface area contributed by atoms with Gasteiger partial charge in [0.25, 0.3) is 0 Å². The molecule has 0 bridgehead atoms. The normalized spacial score (nSPS) is 17.4. The molecule has 1 aliphatic carbocycles. The largest absolute Gasteiger partial charge is 0.493 e. The molecular formula is C16H25NO2. The van der Waals surface area contributed by atoms with Gasteiger partial charge in [-0.15, -0.1) is 0 Å². The number of ether oxygens (including phenoxy) is 2. The lowest BCUT2D eigenvalue weighted by Crippen LogP contribution is -2.35. The highest BCUT2D eigenvalue weighted by Gasteiger charge is 2.17. The molecule has 19 heavy (non-hydrogen) atoms. The van der Waals surface area contributed by atoms with Gasteiger partial charge >= 0.3 is 0 Å². The summed E-state index contributed by atoms with van der Waals surface area (Å²) in [7, 11) is 3.35. The van der Waals surface area contributed by atoms with E-state index in [-0.39, 0.29) is 0 Å². The van der Waals surface area contributed by atoms with Gasteiger partial charge in [-0.2, -0.15) is 0 Å². The van der Waals surface area contributed by atoms with E-state index in [1.165, 1.54) is 31.2 Å². The summed E-state index contributed by atoms with van der Waals surface area (Å²) >= 11 is 0. The Labute approximate surface area is 116 Å². The molecule has 0 spiro atoms. The van der Waals surface area contributed by atoms with Crippen molar-refractivity contribution in [1.82, 2.24) is 5.32 Å². The van der Waals surface area contributed by atoms with Crippen LogP contribution < -0.4 is 14.8 Å². The predicted octanol–water partition coefficient (Wildman–Crippen LogP) is 3.17. The average Bonchev–Trinajstić information content (AvgIpc) is 2.91. The molecule has 0 saturated heterocycles. The van der Waals surface area contributed by atoms with Gasteiger partial charge in [-0.25, -0.2) is 0 Å². The Hall–Kier alpha value is -1.22. The molecule has 1 saturated carbocycles. The fraction of sp³-hybridized carbons (Fsp3) is 0.625. The number of methoxy groups -OCH3 is 2. The Morgan fingerprint density at radius 2 is 1.84 bits per heavy atom. The number of hydrogen-bond acceptors (Lipinski definition) is 3. The van der Waals surface area contributed by atoms with Gasteiger partial charge in [0.1, 0.15) is 0 Å². The van der Waals surface area contributed by atoms with Gasteiger partial charge in [-0.3, -0.25) is 0 Å². The highest BCUT2D eigenvalue weighted by atomic mass is 16.5. The number of nitrogens with one attached hydrogen (secondary N) is 1. The van der Waals surface area contributed by atoms with Crippen LogP contribution in [0.1, 0.15) is 38.2 Å². The summed E-state index contributed by atoms with van der Waals surface area (Å²) in [5.41, 5.74) is 1.29. The van der Waals surface area contributed by atoms with Crippen LogP contribution in [0.4, 0.5) is 0 Å². The lowest BCUT2D eigenvalue weighted by atomic mass is 10.1. The Balaban J connectivity index is 1.94. The highest BCUT2D eigenvalue weighted by Crippen LogP contribution is 2.28. The molecule has 1 N–H and O–H groups in total. The lowest BCUT2D eigenvalue weighted by Gasteiger charge is -2.19. The van der Waals surface area contributed by atoms with E-state index >= 15 is 0 Å². The smallest absolute Gasteiger partial charge is 0.160 e. The molecule has 3 heteroatoms. The summed E-state index contributed by atoms with van der Waals surface area (Å²) in [6.45, 7) is 2.26. The molecule has 0 radical (unpaired) electrons. The van der Waals surface area contributed by atoms with Crippen LogP contribution in [0.25, 0.3) is 0 Å². The molecule has 1 aromatic rings. The van der Waals surface area contributed by atoms with Crippen molar-refractivity contribution >= 4 is 0 Å². The second kappa shape index (κ2) is 6.80. The number of benzene rings is 1. The van der Waals surface area contributed by atoms with Crippen molar-refractivity contribution in [2.24, 2.45) is 0 Å². The van der Waals surface area contributed by atoms with E-state index in [0.717, 1.165) is 24.0 Å². The molecule has 0 aromatic heterocycles. The molecule has 1 aliphatic rings. The molecule has 0 heterocycles. The molecule has 106 valence electrons. The van der Waals surface area contributed by atoms with Gasteiger partial charge < -0.3 is 14.8 Å². The quantitative estimate of drug-likeness (QED) is 0.855. The summed E-state index contributed by atoms with van der Waals surface area (Å²) in [6, 6.07) is 7.40. The van der Waals surface area contributed by atoms with Crippen LogP contribution in [-0.2, 0) is 6.42 Å². The summed E-state index contributed by atoms with van der Waals surface area (Å²) in [6.07, 6.45) is 6.44. The van der Waals surface area contributed by atoms with Gasteiger partial charge in [0.05, 0.1) is 14.2 Å². The second-order valence-electron chi connectivity index (χ2n) is 5.44. The fourth-order valence-electron chi connectivity index (χ4n) is 2.91. The van der Waals surface area contributed by atoms with Crippen LogP contribution in [-0.4, -0.2) is 26.3 Å². The van der Waals surface area contributed by atoms with E-state index in [2.05, 4.69) is 24.4 Å². The monoisotopic (exact) mass is 263 g/mol. The average molecular weight is 263 g/mol. The van der Waals surface area contributed by atoms with Crippen LogP contribution in [0.2, 0.25) is 0 Å². The maximum atomic E-state index is 5.35. The maximum Gasteiger partial charge on any atom is 0.160 e. The van der Waals surface area contributed by atoms with E-state index in [1.54, 1.807) is 14.2 Å². The first-order chi connectivity index (χ1) is 9.22. The van der Waals surface area contributed by atoms with Crippen LogP contribution in [0.3, 0.4) is 0 Å². The molecule has 1 unspecified atom stereocenters. The standard InChI is InChI=1S/C16H25NO2/c1-12(17-14-6-4-5-7-14)10-13-8-9-15(18-2)16(11-13)19-3/h8-9,11-12,14,17H,4-7,10H2,1-3H3. The summed E-state index contributed by atoms with van der Waals surface area (Å²) in [5, 5.41) is 3.72. The zero-order valence-electron chi connectivity index (χ0n) is 12.2. The Kier molecular flexibility index (Phi) is 5.08. The molecule has 3 nitrogen and oxygen atoms in total. The molecule has 0 amide bonds. The van der Waals surface area contributed by atoms with E-state index in [4.69, 9.17) is 9.47 Å². The van der Waals surface area contributed by atoms with E-state index in [9.17, 15) is 0 Å². The molecule has 1 aromatic carbocycles. The molecule has 0 aliphatic heterocycles. The third-order valence-corrected chi connectivity index (χ3v) is 3.87. The van der Waals surface area contributed by atoms with E-state index in [1.807, 2.05) is 6.07 Å². The first kappa shape index (κ1) is 14.2. The van der Waals surface area contributed by atoms with Crippen LogP contribution >= 0.6 is 0 Å². The van der Waals surface area contributed by atoms with Crippen molar-refractivity contribution in [1.29, 1.82) is 0 Å². The van der Waals surface area contributed by atoms with Gasteiger partial charge in [0.15, 0.2) is 11.5 Å². The van der Waals surface area contributed by atoms with Crippen LogP contribution in [0, 0.1) is 0 Å². The van der Waals surface area contributed by atoms with Crippen molar-refractivity contribution < 1.29 is 9.47 Å². The topological polar surface area (TPSA) is 30.5 Å². The third kappa shape index (κ3) is 3.87. The van der Waals surface area contributed by atoms with E-state index in [0.29, 0.717) is 6.04 Å². The van der Waals surface area contributed by atoms with Crippen molar-refractivity contribution in [2.45, 2.75) is 51.1 Å². The van der Waals surface area contributed by atoms with Crippen molar-refractivity contribution in [3.05, 3.63) is 23.8 Å². The minimum atomic E-state index is 0.501. The molecule has 1 fully saturated rings. The Morgan fingerprint density at radius 3 is 2.47 bits per heavy atom. The fourth-order valence-corrected chi connectivity index (χ4v) is 2.91. The van der Waals surface area contributed by atoms with Crippen LogP contribution in [0.15, 0.2) is 18.2 Å². The van der Waals surface area contributed by atoms with Crippen LogP contribution in [0.5, 0.6) is 11.5 Å². The highest BCUT2D eigenvalue weighted by molar-refractivity contribution is 5.43. The summed E-state index contributed by atoms with van der Waals surface area (Å²) < 4.78 is 10.6. The minimum Gasteiger partial charge on any atom is -0.493 e. The minimum absolute atomic E-state index is 0.501. The van der Waals surface area contributed by atoms with Crippen molar-refractivity contribution in [3.63, 3.8) is 0 Å². The Morgan fingerprint density at radius 1 is 1.16 bits per heavy atom. The van der Waals surface area contributed by atoms with E-state index < -0.39 is 0 Å². The first-order valence-corrected chi connectivity index (χ1v) is 7.20. The maximum absolute atomic E-state index is 5.35. The van der Waals surface area contributed by atoms with Gasteiger partial charge in [0, 0.05) is 12.1 Å². The summed E-state index contributed by atoms with van der Waals surface area (Å²) in [5.74, 6) is 1.61. The van der Waals surface area contributed by atoms with Gasteiger partial charge in [-0.05, 0) is 43.9 Å². The number of rotatable bonds is 6. The zero-order valence-corrected chi connectivity index (χ0v) is 12.2. The second-order valence-corrected chi connectivity index (χ2v) is 5.44. The molecular weight excluding hydrogens is 238 g/mol. The zero-order chi connectivity index (χ0) is 13.7. The predicted molar refractivity (Wildman–Crippen MR) is 78.1 cm³/mol. The SMILES string of the molecule is COc1ccc(CC(C)NC2CCCC2)cc1OC. The Bertz CT molecular complexity index is 400. The number of hydrogen-bond donors (Lipinski definition) is 1. The van der Waals surface area contributed by atoms with Gasteiger partial charge in [-0.1, -0.05) is 18.9 Å². The van der Waals surface area contributed by atoms with Crippen molar-refractivity contribution in [2.75, 3.05) is 14.2 Å². The molecule has 1 atom stereocenters.